The van der Waals surface area contributed by atoms with Crippen LogP contribution in [-0.2, 0) is 25.8 Å². The Hall–Kier alpha value is -1.41. The number of hydrogen-bond acceptors (Lipinski definition) is 5. The molecular weight excluding hydrogens is 318 g/mol. The Kier molecular flexibility index (Phi) is 2.65. The zero-order valence-electron chi connectivity index (χ0n) is 12.3. The third kappa shape index (κ3) is 1.82. The zero-order chi connectivity index (χ0) is 15.9. The van der Waals surface area contributed by atoms with Gasteiger partial charge < -0.3 is 4.74 Å². The van der Waals surface area contributed by atoms with Gasteiger partial charge in [-0.1, -0.05) is 6.07 Å². The molecular formula is C16H17NO5S. The van der Waals surface area contributed by atoms with Gasteiger partial charge in [0.25, 0.3) is 0 Å². The molecule has 0 spiro atoms. The van der Waals surface area contributed by atoms with E-state index < -0.39 is 10.6 Å². The predicted octanol–water partition coefficient (Wildman–Crippen LogP) is 2.12. The SMILES string of the molecule is O=C1C2C3CCC(O3)C2C(=O)N1c1ccc2c(c1)CS(O)(O)C2. The number of nitrogens with zero attached hydrogens (tertiary/aromatic N) is 1. The summed E-state index contributed by atoms with van der Waals surface area (Å²) in [4.78, 5) is 26.8. The van der Waals surface area contributed by atoms with Gasteiger partial charge >= 0.3 is 0 Å². The van der Waals surface area contributed by atoms with Gasteiger partial charge in [-0.25, -0.2) is 4.90 Å². The van der Waals surface area contributed by atoms with Crippen molar-refractivity contribution in [1.29, 1.82) is 0 Å². The van der Waals surface area contributed by atoms with Crippen LogP contribution >= 0.6 is 10.6 Å². The van der Waals surface area contributed by atoms with E-state index in [0.717, 1.165) is 24.0 Å². The number of ether oxygens (including phenoxy) is 1. The lowest BCUT2D eigenvalue weighted by Gasteiger charge is -2.25. The molecule has 2 N–H and O–H groups in total. The Bertz CT molecular complexity index is 720. The first-order chi connectivity index (χ1) is 10.9. The van der Waals surface area contributed by atoms with Crippen molar-refractivity contribution in [1.82, 2.24) is 0 Å². The number of fused-ring (bicyclic) bond motifs is 6. The van der Waals surface area contributed by atoms with Crippen LogP contribution in [0.25, 0.3) is 0 Å². The maximum atomic E-state index is 12.7. The molecule has 3 fully saturated rings. The van der Waals surface area contributed by atoms with Crippen LogP contribution in [0, 0.1) is 11.8 Å². The molecule has 2 amide bonds. The molecule has 0 saturated carbocycles. The molecule has 4 aliphatic rings. The molecule has 23 heavy (non-hydrogen) atoms. The predicted molar refractivity (Wildman–Crippen MR) is 84.1 cm³/mol. The maximum Gasteiger partial charge on any atom is 0.240 e. The average Bonchev–Trinajstić information content (AvgIpc) is 3.20. The van der Waals surface area contributed by atoms with Gasteiger partial charge in [0.15, 0.2) is 0 Å². The van der Waals surface area contributed by atoms with Crippen LogP contribution in [0.2, 0.25) is 0 Å². The van der Waals surface area contributed by atoms with Crippen molar-refractivity contribution in [2.45, 2.75) is 36.6 Å². The molecule has 4 unspecified atom stereocenters. The molecule has 4 aliphatic heterocycles. The molecule has 122 valence electrons. The lowest BCUT2D eigenvalue weighted by atomic mass is 9.81. The molecule has 1 aromatic carbocycles. The number of benzene rings is 1. The fraction of sp³-hybridized carbons (Fsp3) is 0.500. The summed E-state index contributed by atoms with van der Waals surface area (Å²) in [6, 6.07) is 5.29. The van der Waals surface area contributed by atoms with E-state index in [0.29, 0.717) is 5.69 Å². The van der Waals surface area contributed by atoms with Crippen LogP contribution in [0.1, 0.15) is 24.0 Å². The fourth-order valence-electron chi connectivity index (χ4n) is 4.54. The van der Waals surface area contributed by atoms with E-state index in [-0.39, 0.29) is 47.4 Å². The van der Waals surface area contributed by atoms with E-state index in [9.17, 15) is 18.7 Å². The monoisotopic (exact) mass is 335 g/mol. The second kappa shape index (κ2) is 4.36. The maximum absolute atomic E-state index is 12.7. The van der Waals surface area contributed by atoms with Gasteiger partial charge in [0.2, 0.25) is 11.8 Å². The van der Waals surface area contributed by atoms with Crippen molar-refractivity contribution >= 4 is 28.1 Å². The molecule has 5 rings (SSSR count). The molecule has 4 atom stereocenters. The minimum absolute atomic E-state index is 0.118. The summed E-state index contributed by atoms with van der Waals surface area (Å²) in [5.74, 6) is -0.556. The zero-order valence-corrected chi connectivity index (χ0v) is 13.2. The van der Waals surface area contributed by atoms with Crippen molar-refractivity contribution in [2.24, 2.45) is 11.8 Å². The van der Waals surface area contributed by atoms with E-state index in [1.807, 2.05) is 0 Å². The smallest absolute Gasteiger partial charge is 0.240 e. The van der Waals surface area contributed by atoms with Crippen LogP contribution in [0.15, 0.2) is 18.2 Å². The molecule has 6 nitrogen and oxygen atoms in total. The average molecular weight is 335 g/mol. The highest BCUT2D eigenvalue weighted by Gasteiger charge is 2.62. The van der Waals surface area contributed by atoms with E-state index in [1.165, 1.54) is 4.90 Å². The van der Waals surface area contributed by atoms with Crippen LogP contribution < -0.4 is 4.90 Å². The largest absolute Gasteiger partial charge is 0.373 e. The minimum Gasteiger partial charge on any atom is -0.373 e. The lowest BCUT2D eigenvalue weighted by Crippen LogP contribution is -2.34. The van der Waals surface area contributed by atoms with Crippen molar-refractivity contribution in [3.8, 4) is 0 Å². The number of hydrogen-bond donors (Lipinski definition) is 2. The third-order valence-corrected chi connectivity index (χ3v) is 7.05. The summed E-state index contributed by atoms with van der Waals surface area (Å²) in [6.45, 7) is 0. The van der Waals surface area contributed by atoms with Crippen molar-refractivity contribution in [3.05, 3.63) is 29.3 Å². The number of anilines is 1. The Labute approximate surface area is 134 Å². The highest BCUT2D eigenvalue weighted by Crippen LogP contribution is 2.54. The molecule has 0 aromatic heterocycles. The second-order valence-electron chi connectivity index (χ2n) is 6.90. The van der Waals surface area contributed by atoms with E-state index in [1.54, 1.807) is 18.2 Å². The molecule has 4 heterocycles. The van der Waals surface area contributed by atoms with E-state index in [4.69, 9.17) is 4.74 Å². The normalized spacial score (nSPS) is 38.1. The standard InChI is InChI=1S/C16H17NO5S/c18-15-13-11-3-4-12(22-11)14(13)16(19)17(15)10-2-1-8-6-23(20,21)7-9(8)5-10/h1-2,5,11-14,20-21H,3-4,6-7H2. The topological polar surface area (TPSA) is 87.1 Å². The van der Waals surface area contributed by atoms with Gasteiger partial charge in [-0.2, -0.15) is 10.6 Å². The number of imide groups is 1. The number of amides is 2. The Balaban J connectivity index is 1.52. The summed E-state index contributed by atoms with van der Waals surface area (Å²) >= 11 is 0. The molecule has 3 saturated heterocycles. The van der Waals surface area contributed by atoms with E-state index in [2.05, 4.69) is 0 Å². The number of carbonyl (C=O) groups excluding carboxylic acids is 2. The first kappa shape index (κ1) is 14.0. The first-order valence-corrected chi connectivity index (χ1v) is 9.72. The van der Waals surface area contributed by atoms with Crippen molar-refractivity contribution in [3.63, 3.8) is 0 Å². The summed E-state index contributed by atoms with van der Waals surface area (Å²) in [5, 5.41) is 0. The Morgan fingerprint density at radius 3 is 2.26 bits per heavy atom. The number of carbonyl (C=O) groups is 2. The Morgan fingerprint density at radius 2 is 1.61 bits per heavy atom. The van der Waals surface area contributed by atoms with Crippen LogP contribution in [-0.4, -0.2) is 33.1 Å². The fourth-order valence-corrected chi connectivity index (χ4v) is 6.19. The van der Waals surface area contributed by atoms with Gasteiger partial charge in [-0.05, 0) is 36.1 Å². The van der Waals surface area contributed by atoms with E-state index >= 15 is 0 Å². The van der Waals surface area contributed by atoms with Gasteiger partial charge in [0.05, 0.1) is 41.2 Å². The number of rotatable bonds is 1. The minimum atomic E-state index is -2.60. The van der Waals surface area contributed by atoms with Gasteiger partial charge in [-0.3, -0.25) is 18.7 Å². The second-order valence-corrected chi connectivity index (χ2v) is 9.08. The highest BCUT2D eigenvalue weighted by atomic mass is 32.3. The third-order valence-electron chi connectivity index (χ3n) is 5.51. The van der Waals surface area contributed by atoms with Gasteiger partial charge in [0.1, 0.15) is 0 Å². The lowest BCUT2D eigenvalue weighted by molar-refractivity contribution is -0.124. The van der Waals surface area contributed by atoms with Gasteiger partial charge in [-0.15, -0.1) is 0 Å². The quantitative estimate of drug-likeness (QED) is 0.768. The van der Waals surface area contributed by atoms with Gasteiger partial charge in [0, 0.05) is 0 Å². The van der Waals surface area contributed by atoms with Crippen LogP contribution in [0.3, 0.4) is 0 Å². The highest BCUT2D eigenvalue weighted by molar-refractivity contribution is 8.23. The molecule has 0 radical (unpaired) electrons. The molecule has 0 aliphatic carbocycles. The summed E-state index contributed by atoms with van der Waals surface area (Å²) in [5.41, 5.74) is 2.25. The Morgan fingerprint density at radius 1 is 1.00 bits per heavy atom. The molecule has 2 bridgehead atoms. The summed E-state index contributed by atoms with van der Waals surface area (Å²) in [6.07, 6.45) is 1.47. The first-order valence-electron chi connectivity index (χ1n) is 7.83. The van der Waals surface area contributed by atoms with Crippen molar-refractivity contribution in [2.75, 3.05) is 4.90 Å². The van der Waals surface area contributed by atoms with Crippen LogP contribution in [0.5, 0.6) is 0 Å². The molecule has 7 heteroatoms. The van der Waals surface area contributed by atoms with Crippen LogP contribution in [0.4, 0.5) is 5.69 Å². The van der Waals surface area contributed by atoms with Crippen molar-refractivity contribution < 1.29 is 23.4 Å². The summed E-state index contributed by atoms with van der Waals surface area (Å²) < 4.78 is 25.5. The summed E-state index contributed by atoms with van der Waals surface area (Å²) in [7, 11) is -2.60. The molecule has 1 aromatic rings.